The number of benzene rings is 11. The lowest BCUT2D eigenvalue weighted by Crippen LogP contribution is -2.29. The molecule has 0 heterocycles. The minimum Gasteiger partial charge on any atom is -0.310 e. The fraction of sp³-hybridized carbons (Fsp3) is 0.175. The van der Waals surface area contributed by atoms with Crippen molar-refractivity contribution in [3.63, 3.8) is 0 Å². The van der Waals surface area contributed by atoms with E-state index in [1.165, 1.54) is 106 Å². The van der Waals surface area contributed by atoms with Gasteiger partial charge in [0.05, 0.1) is 10.8 Å². The smallest absolute Gasteiger partial charge is 0.0714 e. The molecule has 0 radical (unpaired) electrons. The molecule has 11 aromatic rings. The summed E-state index contributed by atoms with van der Waals surface area (Å²) in [6, 6.07) is 101. The molecule has 2 aliphatic rings. The highest BCUT2D eigenvalue weighted by Gasteiger charge is 2.48. The predicted octanol–water partition coefficient (Wildman–Crippen LogP) is 21.1. The van der Waals surface area contributed by atoms with Gasteiger partial charge in [-0.3, -0.25) is 0 Å². The average molecular weight is 1050 g/mol. The van der Waals surface area contributed by atoms with Crippen molar-refractivity contribution in [1.82, 2.24) is 0 Å². The fourth-order valence-corrected chi connectivity index (χ4v) is 13.5. The molecule has 396 valence electrons. The molecule has 1 unspecified atom stereocenters. The van der Waals surface area contributed by atoms with Crippen LogP contribution in [0.5, 0.6) is 0 Å². The van der Waals surface area contributed by atoms with Crippen LogP contribution in [-0.2, 0) is 27.1 Å². The van der Waals surface area contributed by atoms with Gasteiger partial charge in [0, 0.05) is 17.1 Å². The summed E-state index contributed by atoms with van der Waals surface area (Å²) in [6.07, 6.45) is 0. The Morgan fingerprint density at radius 2 is 0.580 bits per heavy atom. The van der Waals surface area contributed by atoms with Gasteiger partial charge in [-0.2, -0.15) is 0 Å². The normalized spacial score (nSPS) is 15.1. The second-order valence-electron chi connectivity index (χ2n) is 25.7. The van der Waals surface area contributed by atoms with Crippen molar-refractivity contribution >= 4 is 17.1 Å². The molecule has 13 rings (SSSR count). The molecular formula is C80H71N. The van der Waals surface area contributed by atoms with Gasteiger partial charge in [-0.25, -0.2) is 0 Å². The van der Waals surface area contributed by atoms with Crippen molar-refractivity contribution in [3.8, 4) is 44.5 Å². The maximum atomic E-state index is 2.50. The third-order valence-corrected chi connectivity index (χ3v) is 17.8. The minimum atomic E-state index is -0.590. The van der Waals surface area contributed by atoms with Crippen LogP contribution in [0.25, 0.3) is 44.5 Å². The predicted molar refractivity (Wildman–Crippen MR) is 343 cm³/mol. The summed E-state index contributed by atoms with van der Waals surface area (Å²) < 4.78 is 0. The van der Waals surface area contributed by atoms with E-state index < -0.39 is 10.8 Å². The van der Waals surface area contributed by atoms with E-state index in [-0.39, 0.29) is 16.2 Å². The van der Waals surface area contributed by atoms with E-state index >= 15 is 0 Å². The van der Waals surface area contributed by atoms with Crippen molar-refractivity contribution in [3.05, 3.63) is 328 Å². The first kappa shape index (κ1) is 51.6. The summed E-state index contributed by atoms with van der Waals surface area (Å²) in [7, 11) is 0. The number of fused-ring (bicyclic) bond motifs is 6. The van der Waals surface area contributed by atoms with Crippen molar-refractivity contribution < 1.29 is 0 Å². The first-order valence-electron chi connectivity index (χ1n) is 29.0. The van der Waals surface area contributed by atoms with Gasteiger partial charge in [-0.15, -0.1) is 0 Å². The third kappa shape index (κ3) is 8.60. The molecule has 0 amide bonds. The van der Waals surface area contributed by atoms with Crippen LogP contribution in [0, 0.1) is 0 Å². The average Bonchev–Trinajstić information content (AvgIpc) is 2.34. The molecule has 0 N–H and O–H groups in total. The largest absolute Gasteiger partial charge is 0.310 e. The molecule has 1 nitrogen and oxygen atoms in total. The third-order valence-electron chi connectivity index (χ3n) is 17.8. The number of hydrogen-bond acceptors (Lipinski definition) is 1. The lowest BCUT2D eigenvalue weighted by Gasteiger charge is -2.36. The molecule has 11 aromatic carbocycles. The summed E-state index contributed by atoms with van der Waals surface area (Å²) in [6.45, 7) is 20.7. The van der Waals surface area contributed by atoms with E-state index in [0.29, 0.717) is 0 Å². The first-order chi connectivity index (χ1) is 39.0. The Hall–Kier alpha value is -8.78. The highest BCUT2D eigenvalue weighted by molar-refractivity contribution is 5.92. The maximum Gasteiger partial charge on any atom is 0.0714 e. The second kappa shape index (κ2) is 19.5. The van der Waals surface area contributed by atoms with Crippen LogP contribution >= 0.6 is 0 Å². The van der Waals surface area contributed by atoms with E-state index in [4.69, 9.17) is 0 Å². The van der Waals surface area contributed by atoms with Crippen LogP contribution in [-0.4, -0.2) is 0 Å². The van der Waals surface area contributed by atoms with Crippen LogP contribution in [0.15, 0.2) is 267 Å². The molecular weight excluding hydrogens is 975 g/mol. The maximum absolute atomic E-state index is 2.50. The Morgan fingerprint density at radius 3 is 1.07 bits per heavy atom. The summed E-state index contributed by atoms with van der Waals surface area (Å²) in [5, 5.41) is 0. The van der Waals surface area contributed by atoms with Crippen molar-refractivity contribution in [2.24, 2.45) is 0 Å². The van der Waals surface area contributed by atoms with Crippen molar-refractivity contribution in [2.75, 3.05) is 4.90 Å². The number of hydrogen-bond donors (Lipinski definition) is 0. The molecule has 81 heavy (non-hydrogen) atoms. The zero-order valence-corrected chi connectivity index (χ0v) is 48.4. The lowest BCUT2D eigenvalue weighted by atomic mass is 9.67. The Kier molecular flexibility index (Phi) is 12.4. The Balaban J connectivity index is 0.987. The van der Waals surface area contributed by atoms with Crippen LogP contribution in [0.1, 0.15) is 124 Å². The summed E-state index contributed by atoms with van der Waals surface area (Å²) in [5.74, 6) is 0. The Bertz CT molecular complexity index is 4050. The van der Waals surface area contributed by atoms with Crippen LogP contribution in [0.4, 0.5) is 17.1 Å². The molecule has 1 heteroatoms. The van der Waals surface area contributed by atoms with Gasteiger partial charge in [0.2, 0.25) is 0 Å². The zero-order chi connectivity index (χ0) is 55.9. The summed E-state index contributed by atoms with van der Waals surface area (Å²) >= 11 is 0. The number of rotatable bonds is 9. The van der Waals surface area contributed by atoms with Gasteiger partial charge in [0.25, 0.3) is 0 Å². The molecule has 2 aliphatic carbocycles. The van der Waals surface area contributed by atoms with Crippen LogP contribution < -0.4 is 4.90 Å². The standard InChI is InChI=1S/C80H71N/c1-76(2,3)58-34-40-62(41-35-58)79(61-24-14-11-15-25-61)72-29-18-16-27-68(72)70-49-33-57(52-74(70)79)55-31-46-65(47-32-55)81(66-26-20-23-56(51-66)54-21-12-10-13-22-54)67-48-50-71-69-28-17-19-30-73(69)80(75(71)53-67,63-42-36-59(37-43-63)77(4,5)6)64-44-38-60(39-45-64)78(7,8)9/h10-53H,1-9H3. The quantitative estimate of drug-likeness (QED) is 0.139. The topological polar surface area (TPSA) is 3.24 Å². The Morgan fingerprint density at radius 1 is 0.235 bits per heavy atom. The van der Waals surface area contributed by atoms with Gasteiger partial charge in [-0.1, -0.05) is 287 Å². The molecule has 0 aliphatic heterocycles. The number of anilines is 3. The monoisotopic (exact) mass is 1050 g/mol. The van der Waals surface area contributed by atoms with Gasteiger partial charge in [-0.05, 0) is 164 Å². The fourth-order valence-electron chi connectivity index (χ4n) is 13.5. The van der Waals surface area contributed by atoms with E-state index in [2.05, 4.69) is 334 Å². The zero-order valence-electron chi connectivity index (χ0n) is 48.4. The highest BCUT2D eigenvalue weighted by Crippen LogP contribution is 2.59. The number of nitrogens with zero attached hydrogens (tertiary/aromatic N) is 1. The van der Waals surface area contributed by atoms with E-state index in [1.807, 2.05) is 0 Å². The lowest BCUT2D eigenvalue weighted by molar-refractivity contribution is 0.588. The second-order valence-corrected chi connectivity index (χ2v) is 25.7. The molecule has 1 atom stereocenters. The Labute approximate surface area is 481 Å². The molecule has 0 saturated carbocycles. The van der Waals surface area contributed by atoms with Gasteiger partial charge in [0.1, 0.15) is 0 Å². The van der Waals surface area contributed by atoms with E-state index in [9.17, 15) is 0 Å². The molecule has 0 saturated heterocycles. The van der Waals surface area contributed by atoms with Crippen molar-refractivity contribution in [2.45, 2.75) is 89.4 Å². The summed E-state index contributed by atoms with van der Waals surface area (Å²) in [5.41, 5.74) is 26.3. The van der Waals surface area contributed by atoms with E-state index in [0.717, 1.165) is 17.1 Å². The van der Waals surface area contributed by atoms with Crippen LogP contribution in [0.2, 0.25) is 0 Å². The van der Waals surface area contributed by atoms with Gasteiger partial charge in [0.15, 0.2) is 0 Å². The van der Waals surface area contributed by atoms with Crippen molar-refractivity contribution in [1.29, 1.82) is 0 Å². The van der Waals surface area contributed by atoms with Gasteiger partial charge >= 0.3 is 0 Å². The molecule has 0 bridgehead atoms. The molecule has 0 fully saturated rings. The van der Waals surface area contributed by atoms with Crippen LogP contribution in [0.3, 0.4) is 0 Å². The summed E-state index contributed by atoms with van der Waals surface area (Å²) in [4.78, 5) is 2.47. The van der Waals surface area contributed by atoms with E-state index in [1.54, 1.807) is 0 Å². The minimum absolute atomic E-state index is 0.0150. The SMILES string of the molecule is CC(C)(C)c1ccc(C2(c3ccccc3)c3ccccc3-c3ccc(-c4ccc(N(c5cccc(-c6ccccc6)c5)c5ccc6c(c5)C(c5ccc(C(C)(C)C)cc5)(c5ccc(C(C)(C)C)cc5)c5ccccc5-6)cc4)cc32)cc1. The highest BCUT2D eigenvalue weighted by atomic mass is 15.1. The molecule has 0 aromatic heterocycles. The first-order valence-corrected chi connectivity index (χ1v) is 29.0. The molecule has 0 spiro atoms. The van der Waals surface area contributed by atoms with Gasteiger partial charge < -0.3 is 4.90 Å².